The van der Waals surface area contributed by atoms with Crippen molar-refractivity contribution < 1.29 is 24.2 Å². The Morgan fingerprint density at radius 1 is 1.39 bits per heavy atom. The number of carbonyl (C=O) groups excluding carboxylic acids is 2. The standard InChI is InChI=1S/C11H10ClNO5/c1-2-18-11(17)9(14)13-8-4-3-6(12)5-7(8)10(15)16/h3-5H,2H2,1H3,(H,13,14)(H,15,16). The number of amides is 1. The highest BCUT2D eigenvalue weighted by Crippen LogP contribution is 2.20. The first-order valence-electron chi connectivity index (χ1n) is 4.96. The third-order valence-electron chi connectivity index (χ3n) is 1.92. The molecule has 0 saturated carbocycles. The first-order chi connectivity index (χ1) is 8.45. The van der Waals surface area contributed by atoms with E-state index in [1.807, 2.05) is 0 Å². The maximum Gasteiger partial charge on any atom is 0.397 e. The summed E-state index contributed by atoms with van der Waals surface area (Å²) in [6.45, 7) is 1.61. The Morgan fingerprint density at radius 2 is 2.06 bits per heavy atom. The Kier molecular flexibility index (Phi) is 4.67. The van der Waals surface area contributed by atoms with E-state index in [1.54, 1.807) is 6.92 Å². The number of halogens is 1. The van der Waals surface area contributed by atoms with Gasteiger partial charge in [0, 0.05) is 5.02 Å². The second kappa shape index (κ2) is 6.02. The fourth-order valence-electron chi connectivity index (χ4n) is 1.17. The summed E-state index contributed by atoms with van der Waals surface area (Å²) in [7, 11) is 0. The van der Waals surface area contributed by atoms with Crippen molar-refractivity contribution in [3.63, 3.8) is 0 Å². The van der Waals surface area contributed by atoms with Gasteiger partial charge in [0.25, 0.3) is 0 Å². The summed E-state index contributed by atoms with van der Waals surface area (Å²) < 4.78 is 4.48. The summed E-state index contributed by atoms with van der Waals surface area (Å²) in [6.07, 6.45) is 0. The van der Waals surface area contributed by atoms with Crippen molar-refractivity contribution in [2.24, 2.45) is 0 Å². The minimum Gasteiger partial charge on any atom is -0.478 e. The number of carboxylic acids is 1. The van der Waals surface area contributed by atoms with Gasteiger partial charge < -0.3 is 15.2 Å². The summed E-state index contributed by atoms with van der Waals surface area (Å²) in [4.78, 5) is 33.4. The summed E-state index contributed by atoms with van der Waals surface area (Å²) in [6, 6.07) is 3.86. The number of rotatable bonds is 3. The smallest absolute Gasteiger partial charge is 0.397 e. The molecule has 0 bridgehead atoms. The predicted octanol–water partition coefficient (Wildman–Crippen LogP) is 1.54. The molecule has 0 aliphatic heterocycles. The quantitative estimate of drug-likeness (QED) is 0.642. The SMILES string of the molecule is CCOC(=O)C(=O)Nc1ccc(Cl)cc1C(=O)O. The first-order valence-corrected chi connectivity index (χ1v) is 5.34. The molecule has 0 aliphatic rings. The first kappa shape index (κ1) is 14.0. The lowest BCUT2D eigenvalue weighted by Crippen LogP contribution is -2.25. The Hall–Kier alpha value is -2.08. The Labute approximate surface area is 108 Å². The van der Waals surface area contributed by atoms with Crippen LogP contribution in [0.1, 0.15) is 17.3 Å². The molecule has 1 aromatic rings. The molecule has 96 valence electrons. The zero-order valence-corrected chi connectivity index (χ0v) is 10.2. The van der Waals surface area contributed by atoms with Crippen LogP contribution in [0.3, 0.4) is 0 Å². The predicted molar refractivity (Wildman–Crippen MR) is 63.7 cm³/mol. The van der Waals surface area contributed by atoms with Crippen LogP contribution >= 0.6 is 11.6 Å². The van der Waals surface area contributed by atoms with Crippen molar-refractivity contribution in [3.8, 4) is 0 Å². The minimum absolute atomic E-state index is 0.0232. The van der Waals surface area contributed by atoms with E-state index in [9.17, 15) is 14.4 Å². The van der Waals surface area contributed by atoms with Gasteiger partial charge in [0.05, 0.1) is 17.9 Å². The van der Waals surface area contributed by atoms with Crippen molar-refractivity contribution in [2.45, 2.75) is 6.92 Å². The lowest BCUT2D eigenvalue weighted by atomic mass is 10.2. The zero-order chi connectivity index (χ0) is 13.7. The molecule has 1 amide bonds. The second-order valence-corrected chi connectivity index (χ2v) is 3.61. The molecule has 0 saturated heterocycles. The molecule has 18 heavy (non-hydrogen) atoms. The van der Waals surface area contributed by atoms with Crippen LogP contribution in [0.4, 0.5) is 5.69 Å². The Bertz CT molecular complexity index is 500. The van der Waals surface area contributed by atoms with Crippen LogP contribution in [0.2, 0.25) is 5.02 Å². The highest BCUT2D eigenvalue weighted by molar-refractivity contribution is 6.37. The third kappa shape index (κ3) is 3.46. The number of ether oxygens (including phenoxy) is 1. The van der Waals surface area contributed by atoms with Crippen molar-refractivity contribution in [3.05, 3.63) is 28.8 Å². The molecule has 0 radical (unpaired) electrons. The molecule has 0 fully saturated rings. The number of esters is 1. The van der Waals surface area contributed by atoms with E-state index in [1.165, 1.54) is 18.2 Å². The average molecular weight is 272 g/mol. The fraction of sp³-hybridized carbons (Fsp3) is 0.182. The van der Waals surface area contributed by atoms with Gasteiger partial charge in [-0.15, -0.1) is 0 Å². The van der Waals surface area contributed by atoms with Crippen LogP contribution < -0.4 is 5.32 Å². The van der Waals surface area contributed by atoms with Crippen molar-refractivity contribution in [2.75, 3.05) is 11.9 Å². The van der Waals surface area contributed by atoms with Gasteiger partial charge in [-0.25, -0.2) is 9.59 Å². The molecule has 1 aromatic carbocycles. The average Bonchev–Trinajstić information content (AvgIpc) is 2.31. The zero-order valence-electron chi connectivity index (χ0n) is 9.40. The summed E-state index contributed by atoms with van der Waals surface area (Å²) in [5.41, 5.74) is -0.231. The molecule has 1 rings (SSSR count). The molecular formula is C11H10ClNO5. The van der Waals surface area contributed by atoms with E-state index in [0.717, 1.165) is 0 Å². The van der Waals surface area contributed by atoms with Gasteiger partial charge in [-0.3, -0.25) is 4.79 Å². The van der Waals surface area contributed by atoms with Crippen LogP contribution in [0.15, 0.2) is 18.2 Å². The molecule has 0 heterocycles. The molecule has 0 atom stereocenters. The number of hydrogen-bond donors (Lipinski definition) is 2. The van der Waals surface area contributed by atoms with Gasteiger partial charge in [0.1, 0.15) is 0 Å². The van der Waals surface area contributed by atoms with Crippen molar-refractivity contribution >= 4 is 35.1 Å². The van der Waals surface area contributed by atoms with Crippen molar-refractivity contribution in [1.29, 1.82) is 0 Å². The number of carboxylic acid groups (broad SMARTS) is 1. The van der Waals surface area contributed by atoms with Gasteiger partial charge in [0.15, 0.2) is 0 Å². The summed E-state index contributed by atoms with van der Waals surface area (Å²) >= 11 is 5.64. The Balaban J connectivity index is 2.94. The molecule has 2 N–H and O–H groups in total. The highest BCUT2D eigenvalue weighted by atomic mass is 35.5. The molecule has 0 spiro atoms. The normalized spacial score (nSPS) is 9.67. The Morgan fingerprint density at radius 3 is 2.61 bits per heavy atom. The van der Waals surface area contributed by atoms with Crippen LogP contribution in [-0.2, 0) is 14.3 Å². The minimum atomic E-state index is -1.27. The van der Waals surface area contributed by atoms with Crippen LogP contribution in [-0.4, -0.2) is 29.6 Å². The van der Waals surface area contributed by atoms with Crippen molar-refractivity contribution in [1.82, 2.24) is 0 Å². The van der Waals surface area contributed by atoms with E-state index in [2.05, 4.69) is 10.1 Å². The van der Waals surface area contributed by atoms with E-state index >= 15 is 0 Å². The number of nitrogens with one attached hydrogen (secondary N) is 1. The number of carbonyl (C=O) groups is 3. The van der Waals surface area contributed by atoms with E-state index in [4.69, 9.17) is 16.7 Å². The van der Waals surface area contributed by atoms with Crippen LogP contribution in [0.25, 0.3) is 0 Å². The van der Waals surface area contributed by atoms with E-state index < -0.39 is 17.8 Å². The molecule has 7 heteroatoms. The van der Waals surface area contributed by atoms with Crippen LogP contribution in [0, 0.1) is 0 Å². The topological polar surface area (TPSA) is 92.7 Å². The fourth-order valence-corrected chi connectivity index (χ4v) is 1.34. The largest absolute Gasteiger partial charge is 0.478 e. The number of aromatic carboxylic acids is 1. The van der Waals surface area contributed by atoms with Gasteiger partial charge in [-0.2, -0.15) is 0 Å². The number of anilines is 1. The molecule has 0 unspecified atom stereocenters. The lowest BCUT2D eigenvalue weighted by Gasteiger charge is -2.08. The van der Waals surface area contributed by atoms with E-state index in [0.29, 0.717) is 0 Å². The van der Waals surface area contributed by atoms with Gasteiger partial charge in [0.2, 0.25) is 0 Å². The van der Waals surface area contributed by atoms with Crippen LogP contribution in [0.5, 0.6) is 0 Å². The lowest BCUT2D eigenvalue weighted by molar-refractivity contribution is -0.152. The molecular weight excluding hydrogens is 262 g/mol. The summed E-state index contributed by atoms with van der Waals surface area (Å²) in [5.74, 6) is -3.39. The molecule has 0 aromatic heterocycles. The van der Waals surface area contributed by atoms with Gasteiger partial charge >= 0.3 is 17.8 Å². The maximum atomic E-state index is 11.4. The third-order valence-corrected chi connectivity index (χ3v) is 2.16. The summed E-state index contributed by atoms with van der Waals surface area (Å²) in [5, 5.41) is 11.3. The second-order valence-electron chi connectivity index (χ2n) is 3.17. The molecule has 0 aliphatic carbocycles. The van der Waals surface area contributed by atoms with Gasteiger partial charge in [-0.05, 0) is 25.1 Å². The van der Waals surface area contributed by atoms with E-state index in [-0.39, 0.29) is 22.9 Å². The maximum absolute atomic E-state index is 11.4. The van der Waals surface area contributed by atoms with Gasteiger partial charge in [-0.1, -0.05) is 11.6 Å². The molecule has 6 nitrogen and oxygen atoms in total. The monoisotopic (exact) mass is 271 g/mol. The number of hydrogen-bond acceptors (Lipinski definition) is 4. The highest BCUT2D eigenvalue weighted by Gasteiger charge is 2.18. The number of benzene rings is 1.